The number of aliphatic hydroxyl groups excluding tert-OH is 1. The molecule has 18 heavy (non-hydrogen) atoms. The number of carbonyl (C=O) groups is 1. The predicted octanol–water partition coefficient (Wildman–Crippen LogP) is 1.79. The van der Waals surface area contributed by atoms with Gasteiger partial charge < -0.3 is 15.3 Å². The van der Waals surface area contributed by atoms with Crippen LogP contribution < -0.4 is 5.32 Å². The highest BCUT2D eigenvalue weighted by Crippen LogP contribution is 2.25. The lowest BCUT2D eigenvalue weighted by Crippen LogP contribution is -2.42. The zero-order valence-electron chi connectivity index (χ0n) is 11.7. The van der Waals surface area contributed by atoms with Gasteiger partial charge in [-0.3, -0.25) is 0 Å². The summed E-state index contributed by atoms with van der Waals surface area (Å²) in [6, 6.07) is -0.0259. The Labute approximate surface area is 115 Å². The van der Waals surface area contributed by atoms with Gasteiger partial charge in [0.25, 0.3) is 0 Å². The lowest BCUT2D eigenvalue weighted by atomic mass is 10.1. The molecule has 1 fully saturated rings. The maximum absolute atomic E-state index is 11.9. The molecule has 1 aliphatic rings. The van der Waals surface area contributed by atoms with Crippen molar-refractivity contribution in [1.29, 1.82) is 0 Å². The first-order valence-corrected chi connectivity index (χ1v) is 8.10. The van der Waals surface area contributed by atoms with Gasteiger partial charge in [0, 0.05) is 26.1 Å². The number of carbonyl (C=O) groups excluding carboxylic acids is 1. The zero-order valence-corrected chi connectivity index (χ0v) is 12.5. The molecule has 0 aromatic carbocycles. The first-order valence-electron chi connectivity index (χ1n) is 6.70. The third-order valence-corrected chi connectivity index (χ3v) is 4.43. The summed E-state index contributed by atoms with van der Waals surface area (Å²) in [6.45, 7) is 3.51. The van der Waals surface area contributed by atoms with Gasteiger partial charge in [-0.05, 0) is 30.8 Å². The van der Waals surface area contributed by atoms with Crippen molar-refractivity contribution in [3.05, 3.63) is 0 Å². The molecule has 2 amide bonds. The molecule has 3 atom stereocenters. The van der Waals surface area contributed by atoms with E-state index >= 15 is 0 Å². The highest BCUT2D eigenvalue weighted by molar-refractivity contribution is 7.98. The van der Waals surface area contributed by atoms with E-state index < -0.39 is 0 Å². The molecular weight excluding hydrogens is 248 g/mol. The van der Waals surface area contributed by atoms with Crippen LogP contribution in [0.15, 0.2) is 0 Å². The van der Waals surface area contributed by atoms with Crippen LogP contribution in [0.1, 0.15) is 26.2 Å². The fourth-order valence-electron chi connectivity index (χ4n) is 2.40. The van der Waals surface area contributed by atoms with Crippen molar-refractivity contribution in [1.82, 2.24) is 10.2 Å². The van der Waals surface area contributed by atoms with E-state index in [1.54, 1.807) is 23.7 Å². The van der Waals surface area contributed by atoms with Gasteiger partial charge in [-0.15, -0.1) is 0 Å². The minimum absolute atomic E-state index is 0.0259. The van der Waals surface area contributed by atoms with Crippen molar-refractivity contribution < 1.29 is 9.90 Å². The number of urea groups is 1. The lowest BCUT2D eigenvalue weighted by Gasteiger charge is -2.24. The van der Waals surface area contributed by atoms with Gasteiger partial charge in [-0.25, -0.2) is 4.79 Å². The third kappa shape index (κ3) is 5.06. The van der Waals surface area contributed by atoms with E-state index in [2.05, 4.69) is 18.5 Å². The zero-order chi connectivity index (χ0) is 13.5. The molecule has 0 aromatic rings. The molecule has 0 bridgehead atoms. The van der Waals surface area contributed by atoms with E-state index in [0.717, 1.165) is 31.6 Å². The van der Waals surface area contributed by atoms with Crippen molar-refractivity contribution in [2.45, 2.75) is 32.3 Å². The van der Waals surface area contributed by atoms with E-state index in [0.29, 0.717) is 12.5 Å². The number of hydrogen-bond acceptors (Lipinski definition) is 3. The Morgan fingerprint density at radius 1 is 1.56 bits per heavy atom. The highest BCUT2D eigenvalue weighted by Gasteiger charge is 2.27. The number of nitrogens with zero attached hydrogens (tertiary/aromatic N) is 1. The number of thioether (sulfide) groups is 1. The fourth-order valence-corrected chi connectivity index (χ4v) is 3.09. The molecule has 3 unspecified atom stereocenters. The Balaban J connectivity index is 2.24. The summed E-state index contributed by atoms with van der Waals surface area (Å²) in [5.74, 6) is 1.81. The number of aliphatic hydroxyl groups is 1. The number of amides is 2. The molecule has 2 N–H and O–H groups in total. The van der Waals surface area contributed by atoms with Crippen molar-refractivity contribution in [2.75, 3.05) is 32.1 Å². The second-order valence-corrected chi connectivity index (χ2v) is 6.30. The van der Waals surface area contributed by atoms with Gasteiger partial charge in [0.1, 0.15) is 0 Å². The van der Waals surface area contributed by atoms with Crippen LogP contribution in [0.3, 0.4) is 0 Å². The van der Waals surface area contributed by atoms with Crippen molar-refractivity contribution in [3.8, 4) is 0 Å². The summed E-state index contributed by atoms with van der Waals surface area (Å²) >= 11 is 1.80. The van der Waals surface area contributed by atoms with Crippen LogP contribution in [-0.4, -0.2) is 54.3 Å². The summed E-state index contributed by atoms with van der Waals surface area (Å²) in [6.07, 6.45) is 4.83. The second kappa shape index (κ2) is 7.89. The maximum atomic E-state index is 11.9. The normalized spacial score (nSPS) is 24.9. The van der Waals surface area contributed by atoms with Crippen LogP contribution in [0.5, 0.6) is 0 Å². The first kappa shape index (κ1) is 15.6. The van der Waals surface area contributed by atoms with Crippen LogP contribution in [0, 0.1) is 11.8 Å². The summed E-state index contributed by atoms with van der Waals surface area (Å²) in [7, 11) is 1.81. The highest BCUT2D eigenvalue weighted by atomic mass is 32.2. The molecule has 106 valence electrons. The third-order valence-electron chi connectivity index (χ3n) is 3.53. The molecule has 1 aliphatic carbocycles. The summed E-state index contributed by atoms with van der Waals surface area (Å²) in [5.41, 5.74) is 0. The molecule has 0 spiro atoms. The topological polar surface area (TPSA) is 52.6 Å². The van der Waals surface area contributed by atoms with Crippen LogP contribution in [0.2, 0.25) is 0 Å². The molecular formula is C13H26N2O2S. The van der Waals surface area contributed by atoms with Gasteiger partial charge in [0.2, 0.25) is 0 Å². The molecule has 0 saturated heterocycles. The largest absolute Gasteiger partial charge is 0.393 e. The second-order valence-electron chi connectivity index (χ2n) is 5.39. The smallest absolute Gasteiger partial charge is 0.317 e. The molecule has 5 heteroatoms. The molecule has 1 rings (SSSR count). The summed E-state index contributed by atoms with van der Waals surface area (Å²) in [4.78, 5) is 13.6. The van der Waals surface area contributed by atoms with E-state index in [4.69, 9.17) is 0 Å². The van der Waals surface area contributed by atoms with Crippen molar-refractivity contribution >= 4 is 17.8 Å². The monoisotopic (exact) mass is 274 g/mol. The molecule has 0 aliphatic heterocycles. The fraction of sp³-hybridized carbons (Fsp3) is 0.923. The minimum atomic E-state index is -0.226. The standard InChI is InChI=1S/C13H26N2O2S/c1-10(9-18-3)7-14-13(17)15(2)8-11-5-4-6-12(11)16/h10-12,16H,4-9H2,1-3H3,(H,14,17). The molecule has 1 saturated carbocycles. The predicted molar refractivity (Wildman–Crippen MR) is 76.9 cm³/mol. The van der Waals surface area contributed by atoms with E-state index in [9.17, 15) is 9.90 Å². The van der Waals surface area contributed by atoms with Crippen LogP contribution in [0.25, 0.3) is 0 Å². The quantitative estimate of drug-likeness (QED) is 0.776. The molecule has 0 aromatic heterocycles. The van der Waals surface area contributed by atoms with E-state index in [1.807, 2.05) is 0 Å². The van der Waals surface area contributed by atoms with Crippen molar-refractivity contribution in [3.63, 3.8) is 0 Å². The number of hydrogen-bond donors (Lipinski definition) is 2. The Morgan fingerprint density at radius 3 is 2.83 bits per heavy atom. The Hall–Kier alpha value is -0.420. The number of rotatable bonds is 6. The average molecular weight is 274 g/mol. The SMILES string of the molecule is CSCC(C)CNC(=O)N(C)CC1CCCC1O. The van der Waals surface area contributed by atoms with Gasteiger partial charge in [-0.2, -0.15) is 11.8 Å². The van der Waals surface area contributed by atoms with Gasteiger partial charge in [0.15, 0.2) is 0 Å². The maximum Gasteiger partial charge on any atom is 0.317 e. The van der Waals surface area contributed by atoms with Crippen LogP contribution in [0.4, 0.5) is 4.79 Å². The minimum Gasteiger partial charge on any atom is -0.393 e. The first-order chi connectivity index (χ1) is 8.54. The Morgan fingerprint density at radius 2 is 2.28 bits per heavy atom. The molecule has 0 radical (unpaired) electrons. The summed E-state index contributed by atoms with van der Waals surface area (Å²) in [5, 5.41) is 12.7. The van der Waals surface area contributed by atoms with Crippen LogP contribution >= 0.6 is 11.8 Å². The van der Waals surface area contributed by atoms with Gasteiger partial charge in [0.05, 0.1) is 6.10 Å². The molecule has 0 heterocycles. The van der Waals surface area contributed by atoms with E-state index in [1.165, 1.54) is 0 Å². The Kier molecular flexibility index (Phi) is 6.86. The lowest BCUT2D eigenvalue weighted by molar-refractivity contribution is 0.114. The number of nitrogens with one attached hydrogen (secondary N) is 1. The van der Waals surface area contributed by atoms with Crippen molar-refractivity contribution in [2.24, 2.45) is 11.8 Å². The van der Waals surface area contributed by atoms with Crippen LogP contribution in [-0.2, 0) is 0 Å². The summed E-state index contributed by atoms with van der Waals surface area (Å²) < 4.78 is 0. The Bertz CT molecular complexity index is 263. The van der Waals surface area contributed by atoms with Gasteiger partial charge >= 0.3 is 6.03 Å². The van der Waals surface area contributed by atoms with Gasteiger partial charge in [-0.1, -0.05) is 13.3 Å². The average Bonchev–Trinajstić information content (AvgIpc) is 2.72. The molecule has 4 nitrogen and oxygen atoms in total. The van der Waals surface area contributed by atoms with E-state index in [-0.39, 0.29) is 18.1 Å².